The van der Waals surface area contributed by atoms with Crippen LogP contribution in [-0.2, 0) is 19.1 Å². The number of benzene rings is 1. The van der Waals surface area contributed by atoms with Gasteiger partial charge in [-0.05, 0) is 51.0 Å². The highest BCUT2D eigenvalue weighted by Crippen LogP contribution is 2.25. The number of methoxy groups -OCH3 is 2. The van der Waals surface area contributed by atoms with E-state index in [2.05, 4.69) is 10.6 Å². The first-order chi connectivity index (χ1) is 10.3. The van der Waals surface area contributed by atoms with Gasteiger partial charge in [0.15, 0.2) is 0 Å². The molecule has 6 nitrogen and oxygen atoms in total. The first kappa shape index (κ1) is 18.1. The maximum atomic E-state index is 11.9. The predicted molar refractivity (Wildman–Crippen MR) is 86.1 cm³/mol. The van der Waals surface area contributed by atoms with Crippen molar-refractivity contribution >= 4 is 23.2 Å². The standard InChI is InChI=1S/C16H24N2O4/c1-9-7-14(18-16(20)12(4)22-6)10(2)8-13(9)17-15(19)11(3)21-5/h7-8,11-12H,1-6H3,(H,17,19)(H,18,20)/t11-,12-/m0/s1. The molecule has 0 unspecified atom stereocenters. The molecule has 1 aromatic rings. The third kappa shape index (κ3) is 4.54. The van der Waals surface area contributed by atoms with E-state index in [1.165, 1.54) is 14.2 Å². The topological polar surface area (TPSA) is 76.7 Å². The molecule has 0 aromatic heterocycles. The number of aryl methyl sites for hydroxylation is 2. The number of nitrogens with one attached hydrogen (secondary N) is 2. The summed E-state index contributed by atoms with van der Waals surface area (Å²) in [4.78, 5) is 23.8. The summed E-state index contributed by atoms with van der Waals surface area (Å²) in [6.45, 7) is 7.08. The van der Waals surface area contributed by atoms with Gasteiger partial charge in [-0.2, -0.15) is 0 Å². The summed E-state index contributed by atoms with van der Waals surface area (Å²) < 4.78 is 9.97. The van der Waals surface area contributed by atoms with Crippen LogP contribution >= 0.6 is 0 Å². The highest BCUT2D eigenvalue weighted by Gasteiger charge is 2.16. The summed E-state index contributed by atoms with van der Waals surface area (Å²) in [7, 11) is 2.97. The summed E-state index contributed by atoms with van der Waals surface area (Å²) >= 11 is 0. The Morgan fingerprint density at radius 2 is 1.18 bits per heavy atom. The summed E-state index contributed by atoms with van der Waals surface area (Å²) in [5, 5.41) is 5.63. The molecule has 0 fully saturated rings. The third-order valence-corrected chi connectivity index (χ3v) is 3.53. The van der Waals surface area contributed by atoms with Crippen molar-refractivity contribution in [2.75, 3.05) is 24.9 Å². The summed E-state index contributed by atoms with van der Waals surface area (Å²) in [5.74, 6) is -0.426. The van der Waals surface area contributed by atoms with Crippen molar-refractivity contribution in [1.29, 1.82) is 0 Å². The zero-order valence-electron chi connectivity index (χ0n) is 13.9. The molecule has 0 spiro atoms. The number of carbonyl (C=O) groups excluding carboxylic acids is 2. The van der Waals surface area contributed by atoms with E-state index in [4.69, 9.17) is 9.47 Å². The summed E-state index contributed by atoms with van der Waals surface area (Å²) in [6.07, 6.45) is -1.05. The van der Waals surface area contributed by atoms with E-state index in [0.29, 0.717) is 11.4 Å². The molecule has 0 aliphatic heterocycles. The normalized spacial score (nSPS) is 13.4. The Kier molecular flexibility index (Phi) is 6.52. The molecule has 2 atom stereocenters. The van der Waals surface area contributed by atoms with Crippen LogP contribution < -0.4 is 10.6 Å². The Labute approximate surface area is 131 Å². The summed E-state index contributed by atoms with van der Waals surface area (Å²) in [6, 6.07) is 3.64. The van der Waals surface area contributed by atoms with Crippen LogP contribution in [0.15, 0.2) is 12.1 Å². The van der Waals surface area contributed by atoms with Crippen LogP contribution in [0.3, 0.4) is 0 Å². The predicted octanol–water partition coefficient (Wildman–Crippen LogP) is 2.25. The van der Waals surface area contributed by atoms with E-state index >= 15 is 0 Å². The van der Waals surface area contributed by atoms with Crippen molar-refractivity contribution in [1.82, 2.24) is 0 Å². The maximum Gasteiger partial charge on any atom is 0.253 e. The fourth-order valence-corrected chi connectivity index (χ4v) is 1.77. The molecule has 0 bridgehead atoms. The smallest absolute Gasteiger partial charge is 0.253 e. The van der Waals surface area contributed by atoms with Gasteiger partial charge >= 0.3 is 0 Å². The third-order valence-electron chi connectivity index (χ3n) is 3.53. The minimum Gasteiger partial charge on any atom is -0.372 e. The Balaban J connectivity index is 2.92. The van der Waals surface area contributed by atoms with Gasteiger partial charge in [-0.25, -0.2) is 0 Å². The lowest BCUT2D eigenvalue weighted by atomic mass is 10.1. The lowest BCUT2D eigenvalue weighted by Gasteiger charge is -2.17. The van der Waals surface area contributed by atoms with Crippen molar-refractivity contribution in [3.63, 3.8) is 0 Å². The van der Waals surface area contributed by atoms with Gasteiger partial charge in [-0.15, -0.1) is 0 Å². The first-order valence-electron chi connectivity index (χ1n) is 7.08. The van der Waals surface area contributed by atoms with E-state index in [0.717, 1.165) is 11.1 Å². The number of hydrogen-bond acceptors (Lipinski definition) is 4. The van der Waals surface area contributed by atoms with Gasteiger partial charge in [-0.3, -0.25) is 9.59 Å². The van der Waals surface area contributed by atoms with E-state index in [-0.39, 0.29) is 11.8 Å². The second-order valence-electron chi connectivity index (χ2n) is 5.22. The zero-order valence-corrected chi connectivity index (χ0v) is 13.9. The minimum absolute atomic E-state index is 0.213. The molecule has 2 amide bonds. The zero-order chi connectivity index (χ0) is 16.9. The Morgan fingerprint density at radius 1 is 0.864 bits per heavy atom. The molecule has 1 rings (SSSR count). The van der Waals surface area contributed by atoms with Crippen LogP contribution in [0.2, 0.25) is 0 Å². The number of amides is 2. The lowest BCUT2D eigenvalue weighted by molar-refractivity contribution is -0.125. The quantitative estimate of drug-likeness (QED) is 0.845. The van der Waals surface area contributed by atoms with Crippen LogP contribution in [0.4, 0.5) is 11.4 Å². The van der Waals surface area contributed by atoms with E-state index < -0.39 is 12.2 Å². The second kappa shape index (κ2) is 7.91. The fourth-order valence-electron chi connectivity index (χ4n) is 1.77. The molecule has 0 aliphatic rings. The van der Waals surface area contributed by atoms with Crippen molar-refractivity contribution in [2.45, 2.75) is 39.9 Å². The Hall–Kier alpha value is -1.92. The molecule has 0 saturated heterocycles. The molecular formula is C16H24N2O4. The average molecular weight is 308 g/mol. The largest absolute Gasteiger partial charge is 0.372 e. The van der Waals surface area contributed by atoms with E-state index in [1.54, 1.807) is 13.8 Å². The Bertz CT molecular complexity index is 508. The van der Waals surface area contributed by atoms with Crippen LogP contribution in [0, 0.1) is 13.8 Å². The van der Waals surface area contributed by atoms with Crippen molar-refractivity contribution in [3.05, 3.63) is 23.3 Å². The fraction of sp³-hybridized carbons (Fsp3) is 0.500. The van der Waals surface area contributed by atoms with Crippen LogP contribution in [-0.4, -0.2) is 38.2 Å². The van der Waals surface area contributed by atoms with E-state index in [9.17, 15) is 9.59 Å². The van der Waals surface area contributed by atoms with Crippen LogP contribution in [0.1, 0.15) is 25.0 Å². The highest BCUT2D eigenvalue weighted by atomic mass is 16.5. The molecule has 2 N–H and O–H groups in total. The number of hydrogen-bond donors (Lipinski definition) is 2. The van der Waals surface area contributed by atoms with Gasteiger partial charge in [0.1, 0.15) is 12.2 Å². The van der Waals surface area contributed by atoms with Gasteiger partial charge in [0.25, 0.3) is 11.8 Å². The lowest BCUT2D eigenvalue weighted by Crippen LogP contribution is -2.28. The molecule has 0 radical (unpaired) electrons. The second-order valence-corrected chi connectivity index (χ2v) is 5.22. The minimum atomic E-state index is -0.526. The molecular weight excluding hydrogens is 284 g/mol. The molecule has 0 saturated carbocycles. The number of ether oxygens (including phenoxy) is 2. The summed E-state index contributed by atoms with van der Waals surface area (Å²) in [5.41, 5.74) is 3.10. The maximum absolute atomic E-state index is 11.9. The van der Waals surface area contributed by atoms with Gasteiger partial charge < -0.3 is 20.1 Å². The van der Waals surface area contributed by atoms with Crippen molar-refractivity contribution in [2.24, 2.45) is 0 Å². The molecule has 22 heavy (non-hydrogen) atoms. The highest BCUT2D eigenvalue weighted by molar-refractivity contribution is 5.97. The van der Waals surface area contributed by atoms with Crippen LogP contribution in [0.5, 0.6) is 0 Å². The van der Waals surface area contributed by atoms with Gasteiger partial charge in [0.05, 0.1) is 0 Å². The van der Waals surface area contributed by atoms with Crippen LogP contribution in [0.25, 0.3) is 0 Å². The number of rotatable bonds is 6. The number of anilines is 2. The first-order valence-corrected chi connectivity index (χ1v) is 7.08. The monoisotopic (exact) mass is 308 g/mol. The average Bonchev–Trinajstić information content (AvgIpc) is 2.50. The van der Waals surface area contributed by atoms with E-state index in [1.807, 2.05) is 26.0 Å². The SMILES string of the molecule is CO[C@@H](C)C(=O)Nc1cc(C)c(NC(=O)[C@H](C)OC)cc1C. The molecule has 122 valence electrons. The molecule has 1 aromatic carbocycles. The van der Waals surface area contributed by atoms with Crippen molar-refractivity contribution in [3.8, 4) is 0 Å². The van der Waals surface area contributed by atoms with Gasteiger partial charge in [0, 0.05) is 25.6 Å². The van der Waals surface area contributed by atoms with Gasteiger partial charge in [0.2, 0.25) is 0 Å². The Morgan fingerprint density at radius 3 is 1.45 bits per heavy atom. The molecule has 6 heteroatoms. The number of carbonyl (C=O) groups is 2. The molecule has 0 heterocycles. The van der Waals surface area contributed by atoms with Crippen molar-refractivity contribution < 1.29 is 19.1 Å². The van der Waals surface area contributed by atoms with Gasteiger partial charge in [-0.1, -0.05) is 0 Å². The molecule has 0 aliphatic carbocycles.